The van der Waals surface area contributed by atoms with E-state index in [-0.39, 0.29) is 43.2 Å². The van der Waals surface area contributed by atoms with Crippen LogP contribution in [0.1, 0.15) is 70.0 Å². The molecular formula is C28H43ClN4O5. The zero-order valence-electron chi connectivity index (χ0n) is 22.7. The lowest BCUT2D eigenvalue weighted by Gasteiger charge is -2.38. The maximum absolute atomic E-state index is 13.4. The first-order valence-electron chi connectivity index (χ1n) is 13.9. The van der Waals surface area contributed by atoms with Crippen molar-refractivity contribution in [2.45, 2.75) is 70.4 Å². The predicted molar refractivity (Wildman–Crippen MR) is 147 cm³/mol. The van der Waals surface area contributed by atoms with Crippen molar-refractivity contribution in [2.24, 2.45) is 11.8 Å². The molecule has 1 heterocycles. The Morgan fingerprint density at radius 3 is 2.63 bits per heavy atom. The molecular weight excluding hydrogens is 508 g/mol. The number of likely N-dealkylation sites (N-methyl/N-ethyl adjacent to an activating group) is 2. The van der Waals surface area contributed by atoms with Crippen molar-refractivity contribution < 1.29 is 24.2 Å². The van der Waals surface area contributed by atoms with Gasteiger partial charge in [0.1, 0.15) is 6.61 Å². The van der Waals surface area contributed by atoms with Crippen molar-refractivity contribution in [1.29, 1.82) is 0 Å². The Bertz CT molecular complexity index is 926. The molecule has 0 bridgehead atoms. The lowest BCUT2D eigenvalue weighted by molar-refractivity contribution is -0.129. The van der Waals surface area contributed by atoms with E-state index in [0.717, 1.165) is 37.7 Å². The van der Waals surface area contributed by atoms with E-state index in [2.05, 4.69) is 10.6 Å². The lowest BCUT2D eigenvalue weighted by atomic mass is 9.84. The van der Waals surface area contributed by atoms with E-state index >= 15 is 0 Å². The average Bonchev–Trinajstić information content (AvgIpc) is 2.89. The van der Waals surface area contributed by atoms with E-state index < -0.39 is 6.09 Å². The van der Waals surface area contributed by atoms with Gasteiger partial charge in [-0.2, -0.15) is 0 Å². The highest BCUT2D eigenvalue weighted by Gasteiger charge is 2.33. The molecule has 9 nitrogen and oxygen atoms in total. The van der Waals surface area contributed by atoms with Crippen LogP contribution in [0.15, 0.2) is 24.3 Å². The Morgan fingerprint density at radius 1 is 1.18 bits per heavy atom. The minimum atomic E-state index is -1.00. The number of nitrogens with one attached hydrogen (secondary N) is 2. The zero-order chi connectivity index (χ0) is 27.5. The van der Waals surface area contributed by atoms with Crippen LogP contribution in [0.3, 0.4) is 0 Å². The second-order valence-electron chi connectivity index (χ2n) is 10.6. The highest BCUT2D eigenvalue weighted by Crippen LogP contribution is 2.34. The van der Waals surface area contributed by atoms with E-state index in [1.807, 2.05) is 25.1 Å². The summed E-state index contributed by atoms with van der Waals surface area (Å²) in [5.41, 5.74) is 0.882. The number of halogens is 1. The number of urea groups is 1. The van der Waals surface area contributed by atoms with Gasteiger partial charge in [-0.3, -0.25) is 4.79 Å². The maximum Gasteiger partial charge on any atom is 0.407 e. The number of carbonyl (C=O) groups excluding carboxylic acids is 2. The molecule has 1 aromatic carbocycles. The molecule has 1 aliphatic carbocycles. The van der Waals surface area contributed by atoms with E-state index in [1.165, 1.54) is 24.2 Å². The van der Waals surface area contributed by atoms with Crippen LogP contribution in [-0.4, -0.2) is 78.8 Å². The molecule has 1 aromatic rings. The van der Waals surface area contributed by atoms with E-state index in [1.54, 1.807) is 18.0 Å². The molecule has 1 aliphatic heterocycles. The van der Waals surface area contributed by atoms with Gasteiger partial charge in [0.2, 0.25) is 5.91 Å². The van der Waals surface area contributed by atoms with E-state index in [0.29, 0.717) is 30.6 Å². The van der Waals surface area contributed by atoms with Gasteiger partial charge in [-0.1, -0.05) is 55.8 Å². The molecule has 10 heteroatoms. The van der Waals surface area contributed by atoms with Crippen LogP contribution in [-0.2, 0) is 9.53 Å². The topological polar surface area (TPSA) is 111 Å². The number of likely N-dealkylation sites (tertiary alicyclic amines) is 1. The number of hydrogen-bond donors (Lipinski definition) is 3. The van der Waals surface area contributed by atoms with Crippen molar-refractivity contribution in [1.82, 2.24) is 20.4 Å². The monoisotopic (exact) mass is 550 g/mol. The van der Waals surface area contributed by atoms with Gasteiger partial charge in [0.25, 0.3) is 0 Å². The maximum atomic E-state index is 13.4. The fraction of sp³-hybridized carbons (Fsp3) is 0.679. The molecule has 4 amide bonds. The molecule has 212 valence electrons. The van der Waals surface area contributed by atoms with Crippen LogP contribution in [0, 0.1) is 11.8 Å². The van der Waals surface area contributed by atoms with Crippen molar-refractivity contribution in [2.75, 3.05) is 39.8 Å². The Balaban J connectivity index is 1.69. The number of benzene rings is 1. The third kappa shape index (κ3) is 9.34. The summed E-state index contributed by atoms with van der Waals surface area (Å²) in [4.78, 5) is 40.1. The smallest absolute Gasteiger partial charge is 0.407 e. The third-order valence-corrected chi connectivity index (χ3v) is 7.84. The number of carboxylic acid groups (broad SMARTS) is 1. The summed E-state index contributed by atoms with van der Waals surface area (Å²) in [5, 5.41) is 15.9. The highest BCUT2D eigenvalue weighted by molar-refractivity contribution is 6.30. The second-order valence-corrected chi connectivity index (χ2v) is 11.1. The van der Waals surface area contributed by atoms with Gasteiger partial charge < -0.3 is 30.3 Å². The SMILES string of the molecule is CCNC(=O)COC(c1cccc(Cl)c1)[C@@H]1CCCN(C(=O)N[C@@H](CC2CCCCC2)CN(C)C(=O)O)C1. The van der Waals surface area contributed by atoms with Gasteiger partial charge in [-0.05, 0) is 49.8 Å². The van der Waals surface area contributed by atoms with Crippen LogP contribution in [0.25, 0.3) is 0 Å². The minimum Gasteiger partial charge on any atom is -0.465 e. The molecule has 3 rings (SSSR count). The number of amides is 4. The van der Waals surface area contributed by atoms with Crippen LogP contribution < -0.4 is 10.6 Å². The quantitative estimate of drug-likeness (QED) is 0.363. The van der Waals surface area contributed by atoms with Crippen molar-refractivity contribution in [3.05, 3.63) is 34.9 Å². The standard InChI is InChI=1S/C28H43ClN4O5/c1-3-30-25(34)19-38-26(21-11-7-13-23(29)16-21)22-12-8-14-33(17-22)27(35)31-24(18-32(2)28(36)37)15-20-9-5-4-6-10-20/h7,11,13,16,20,22,24,26H,3-6,8-10,12,14-15,17-19H2,1-2H3,(H,30,34)(H,31,35)(H,36,37)/t22-,24+,26?/m1/s1. The van der Waals surface area contributed by atoms with Crippen LogP contribution >= 0.6 is 11.6 Å². The van der Waals surface area contributed by atoms with Gasteiger partial charge >= 0.3 is 12.1 Å². The first kappa shape index (κ1) is 30.0. The molecule has 38 heavy (non-hydrogen) atoms. The van der Waals surface area contributed by atoms with Crippen LogP contribution in [0.4, 0.5) is 9.59 Å². The van der Waals surface area contributed by atoms with Crippen molar-refractivity contribution >= 4 is 29.6 Å². The Labute approximate surface area is 231 Å². The summed E-state index contributed by atoms with van der Waals surface area (Å²) in [7, 11) is 1.54. The summed E-state index contributed by atoms with van der Waals surface area (Å²) in [6, 6.07) is 7.03. The van der Waals surface area contributed by atoms with Gasteiger partial charge in [0.05, 0.1) is 6.10 Å². The minimum absolute atomic E-state index is 0.0131. The van der Waals surface area contributed by atoms with Crippen molar-refractivity contribution in [3.63, 3.8) is 0 Å². The number of hydrogen-bond acceptors (Lipinski definition) is 4. The average molecular weight is 551 g/mol. The summed E-state index contributed by atoms with van der Waals surface area (Å²) < 4.78 is 6.12. The molecule has 3 atom stereocenters. The van der Waals surface area contributed by atoms with E-state index in [9.17, 15) is 19.5 Å². The van der Waals surface area contributed by atoms with Gasteiger partial charge in [0, 0.05) is 50.2 Å². The summed E-state index contributed by atoms with van der Waals surface area (Å²) in [6.07, 6.45) is 6.92. The normalized spacial score (nSPS) is 19.9. The Kier molecular flexibility index (Phi) is 12.0. The predicted octanol–water partition coefficient (Wildman–Crippen LogP) is 4.90. The van der Waals surface area contributed by atoms with E-state index in [4.69, 9.17) is 16.3 Å². The zero-order valence-corrected chi connectivity index (χ0v) is 23.4. The fourth-order valence-corrected chi connectivity index (χ4v) is 5.92. The summed E-state index contributed by atoms with van der Waals surface area (Å²) in [6.45, 7) is 3.67. The lowest BCUT2D eigenvalue weighted by Crippen LogP contribution is -2.52. The highest BCUT2D eigenvalue weighted by atomic mass is 35.5. The summed E-state index contributed by atoms with van der Waals surface area (Å²) >= 11 is 6.27. The largest absolute Gasteiger partial charge is 0.465 e. The van der Waals surface area contributed by atoms with Gasteiger partial charge in [0.15, 0.2) is 0 Å². The Morgan fingerprint density at radius 2 is 1.95 bits per heavy atom. The first-order chi connectivity index (χ1) is 18.3. The van der Waals surface area contributed by atoms with Crippen molar-refractivity contribution in [3.8, 4) is 0 Å². The first-order valence-corrected chi connectivity index (χ1v) is 14.3. The summed E-state index contributed by atoms with van der Waals surface area (Å²) in [5.74, 6) is 0.305. The number of carbonyl (C=O) groups is 3. The fourth-order valence-electron chi connectivity index (χ4n) is 5.72. The van der Waals surface area contributed by atoms with Gasteiger partial charge in [-0.15, -0.1) is 0 Å². The molecule has 2 aliphatic rings. The molecule has 2 fully saturated rings. The van der Waals surface area contributed by atoms with Crippen LogP contribution in [0.2, 0.25) is 5.02 Å². The number of rotatable bonds is 11. The number of ether oxygens (including phenoxy) is 1. The molecule has 0 radical (unpaired) electrons. The van der Waals surface area contributed by atoms with Gasteiger partial charge in [-0.25, -0.2) is 9.59 Å². The molecule has 1 unspecified atom stereocenters. The molecule has 1 saturated heterocycles. The number of piperidine rings is 1. The molecule has 0 aromatic heterocycles. The molecule has 3 N–H and O–H groups in total. The Hall–Kier alpha value is -2.52. The number of nitrogens with zero attached hydrogens (tertiary/aromatic N) is 2. The van der Waals surface area contributed by atoms with Crippen LogP contribution in [0.5, 0.6) is 0 Å². The molecule has 1 saturated carbocycles. The third-order valence-electron chi connectivity index (χ3n) is 7.61. The second kappa shape index (κ2) is 15.2. The molecule has 0 spiro atoms.